The summed E-state index contributed by atoms with van der Waals surface area (Å²) in [6.07, 6.45) is 8.93. The van der Waals surface area contributed by atoms with Crippen molar-refractivity contribution in [2.45, 2.75) is 58.4 Å². The van der Waals surface area contributed by atoms with Crippen LogP contribution in [0.15, 0.2) is 66.5 Å². The minimum Gasteiger partial charge on any atom is -0.457 e. The summed E-state index contributed by atoms with van der Waals surface area (Å²) in [5.41, 5.74) is 7.40. The smallest absolute Gasteiger partial charge is 0.264 e. The van der Waals surface area contributed by atoms with Gasteiger partial charge in [-0.05, 0) is 63.0 Å². The van der Waals surface area contributed by atoms with Crippen molar-refractivity contribution in [1.29, 1.82) is 5.26 Å². The number of rotatable bonds is 10. The molecule has 0 unspecified atom stereocenters. The van der Waals surface area contributed by atoms with E-state index in [2.05, 4.69) is 34.8 Å². The summed E-state index contributed by atoms with van der Waals surface area (Å²) in [4.78, 5) is 26.7. The van der Waals surface area contributed by atoms with Crippen molar-refractivity contribution >= 4 is 22.8 Å². The number of para-hydroxylation sites is 1. The normalized spacial score (nSPS) is 18.1. The Bertz CT molecular complexity index is 1800. The first kappa shape index (κ1) is 32.1. The Labute approximate surface area is 274 Å². The van der Waals surface area contributed by atoms with Crippen molar-refractivity contribution in [3.8, 4) is 28.8 Å². The van der Waals surface area contributed by atoms with Crippen LogP contribution < -0.4 is 10.5 Å². The van der Waals surface area contributed by atoms with Crippen LogP contribution in [0.5, 0.6) is 11.5 Å². The number of aromatic nitrogens is 4. The molecule has 1 atom stereocenters. The number of nitrogens with two attached hydrogens (primary N) is 1. The quantitative estimate of drug-likeness (QED) is 0.154. The van der Waals surface area contributed by atoms with E-state index >= 15 is 4.39 Å². The molecule has 47 heavy (non-hydrogen) atoms. The Kier molecular flexibility index (Phi) is 9.50. The minimum atomic E-state index is -0.525. The molecule has 1 amide bonds. The van der Waals surface area contributed by atoms with Gasteiger partial charge >= 0.3 is 0 Å². The molecule has 4 aromatic rings. The van der Waals surface area contributed by atoms with E-state index in [1.165, 1.54) is 12.4 Å². The SMILES string of the molecule is CCN(CC)CC1(/C=C(\C#N)C(=O)N2CCC[C@H](n3nc(-c4ccc(Oc5ccccc5)cc4F)c4c(N)ncnc43)C2)CCCC1. The molecule has 1 saturated heterocycles. The van der Waals surface area contributed by atoms with Crippen molar-refractivity contribution in [3.05, 3.63) is 72.3 Å². The Morgan fingerprint density at radius 2 is 1.89 bits per heavy atom. The molecule has 2 N–H and O–H groups in total. The molecular formula is C36H41FN8O2. The molecule has 1 aliphatic heterocycles. The van der Waals surface area contributed by atoms with Gasteiger partial charge < -0.3 is 20.3 Å². The van der Waals surface area contributed by atoms with Crippen LogP contribution in [-0.2, 0) is 4.79 Å². The second-order valence-corrected chi connectivity index (χ2v) is 12.6. The third-order valence-corrected chi connectivity index (χ3v) is 9.56. The molecule has 0 spiro atoms. The lowest BCUT2D eigenvalue weighted by molar-refractivity contribution is -0.128. The van der Waals surface area contributed by atoms with Gasteiger partial charge in [0.05, 0.1) is 11.4 Å². The number of nitriles is 1. The Morgan fingerprint density at radius 3 is 2.60 bits per heavy atom. The number of likely N-dealkylation sites (tertiary alicyclic amines) is 1. The zero-order chi connectivity index (χ0) is 33.0. The molecule has 1 aliphatic carbocycles. The lowest BCUT2D eigenvalue weighted by atomic mass is 9.83. The van der Waals surface area contributed by atoms with E-state index in [0.29, 0.717) is 41.3 Å². The van der Waals surface area contributed by atoms with Crippen LogP contribution in [0.4, 0.5) is 10.2 Å². The predicted octanol–water partition coefficient (Wildman–Crippen LogP) is 6.52. The van der Waals surface area contributed by atoms with Gasteiger partial charge in [0.25, 0.3) is 5.91 Å². The van der Waals surface area contributed by atoms with Gasteiger partial charge in [0, 0.05) is 36.7 Å². The highest BCUT2D eigenvalue weighted by atomic mass is 19.1. The number of hydrogen-bond acceptors (Lipinski definition) is 8. The highest BCUT2D eigenvalue weighted by molar-refractivity contribution is 5.99. The van der Waals surface area contributed by atoms with Crippen molar-refractivity contribution in [3.63, 3.8) is 0 Å². The van der Waals surface area contributed by atoms with E-state index < -0.39 is 5.82 Å². The molecule has 1 saturated carbocycles. The lowest BCUT2D eigenvalue weighted by Crippen LogP contribution is -2.42. The van der Waals surface area contributed by atoms with Crippen LogP contribution >= 0.6 is 0 Å². The van der Waals surface area contributed by atoms with Crippen LogP contribution in [0, 0.1) is 22.6 Å². The molecule has 2 fully saturated rings. The molecule has 3 heterocycles. The Balaban J connectivity index is 1.28. The van der Waals surface area contributed by atoms with E-state index in [4.69, 9.17) is 15.6 Å². The highest BCUT2D eigenvalue weighted by Crippen LogP contribution is 2.42. The number of nitrogens with zero attached hydrogens (tertiary/aromatic N) is 7. The molecule has 10 nitrogen and oxygen atoms in total. The van der Waals surface area contributed by atoms with Gasteiger partial charge in [-0.2, -0.15) is 10.4 Å². The van der Waals surface area contributed by atoms with E-state index in [1.54, 1.807) is 33.8 Å². The summed E-state index contributed by atoms with van der Waals surface area (Å²) in [6, 6.07) is 15.8. The number of carbonyl (C=O) groups is 1. The van der Waals surface area contributed by atoms with Gasteiger partial charge in [0.15, 0.2) is 5.65 Å². The van der Waals surface area contributed by atoms with E-state index in [1.807, 2.05) is 24.3 Å². The van der Waals surface area contributed by atoms with Crippen LogP contribution in [0.3, 0.4) is 0 Å². The first-order valence-electron chi connectivity index (χ1n) is 16.5. The molecule has 11 heteroatoms. The fourth-order valence-electron chi connectivity index (χ4n) is 7.09. The van der Waals surface area contributed by atoms with Gasteiger partial charge in [-0.15, -0.1) is 0 Å². The summed E-state index contributed by atoms with van der Waals surface area (Å²) in [5.74, 6) is 0.357. The zero-order valence-electron chi connectivity index (χ0n) is 27.0. The second kappa shape index (κ2) is 13.9. The number of nitrogen functional groups attached to an aromatic ring is 1. The number of anilines is 1. The van der Waals surface area contributed by atoms with Gasteiger partial charge in [0.1, 0.15) is 46.8 Å². The van der Waals surface area contributed by atoms with E-state index in [9.17, 15) is 10.1 Å². The van der Waals surface area contributed by atoms with Crippen molar-refractivity contribution in [1.82, 2.24) is 29.5 Å². The van der Waals surface area contributed by atoms with E-state index in [-0.39, 0.29) is 34.3 Å². The number of amides is 1. The first-order valence-corrected chi connectivity index (χ1v) is 16.5. The molecule has 0 bridgehead atoms. The fraction of sp³-hybridized carbons (Fsp3) is 0.417. The highest BCUT2D eigenvalue weighted by Gasteiger charge is 2.36. The molecular weight excluding hydrogens is 595 g/mol. The average molecular weight is 637 g/mol. The Morgan fingerprint density at radius 1 is 1.13 bits per heavy atom. The third kappa shape index (κ3) is 6.69. The summed E-state index contributed by atoms with van der Waals surface area (Å²) < 4.78 is 23.2. The maximum atomic E-state index is 15.7. The molecule has 2 aromatic heterocycles. The minimum absolute atomic E-state index is 0.171. The standard InChI is InChI=1S/C36H41FN8O2/c1-3-43(4-2)23-36(16-8-9-17-36)20-25(21-38)35(46)44-18-10-11-26(22-44)45-34-31(33(39)40-24-41-34)32(42-45)29-15-14-28(19-30(29)37)47-27-12-6-5-7-13-27/h5-7,12-15,19-20,24,26H,3-4,8-11,16-18,22-23H2,1-2H3,(H2,39,40,41)/b25-20+/t26-/m0/s1. The Hall–Kier alpha value is -4.82. The maximum Gasteiger partial charge on any atom is 0.264 e. The third-order valence-electron chi connectivity index (χ3n) is 9.56. The van der Waals surface area contributed by atoms with Crippen molar-refractivity contribution in [2.75, 3.05) is 38.5 Å². The topological polar surface area (TPSA) is 126 Å². The fourth-order valence-corrected chi connectivity index (χ4v) is 7.09. The van der Waals surface area contributed by atoms with Crippen LogP contribution in [0.25, 0.3) is 22.3 Å². The summed E-state index contributed by atoms with van der Waals surface area (Å²) in [7, 11) is 0. The number of piperidine rings is 1. The molecule has 0 radical (unpaired) electrons. The average Bonchev–Trinajstić information content (AvgIpc) is 3.72. The summed E-state index contributed by atoms with van der Waals surface area (Å²) >= 11 is 0. The number of benzene rings is 2. The number of carbonyl (C=O) groups excluding carboxylic acids is 1. The molecule has 2 aliphatic rings. The summed E-state index contributed by atoms with van der Waals surface area (Å²) in [5, 5.41) is 15.5. The lowest BCUT2D eigenvalue weighted by Gasteiger charge is -2.34. The molecule has 2 aromatic carbocycles. The maximum absolute atomic E-state index is 15.7. The van der Waals surface area contributed by atoms with Gasteiger partial charge in [-0.25, -0.2) is 19.0 Å². The van der Waals surface area contributed by atoms with Crippen LogP contribution in [0.1, 0.15) is 58.4 Å². The van der Waals surface area contributed by atoms with Gasteiger partial charge in [-0.1, -0.05) is 51.0 Å². The van der Waals surface area contributed by atoms with Crippen LogP contribution in [-0.4, -0.2) is 68.2 Å². The largest absolute Gasteiger partial charge is 0.457 e. The summed E-state index contributed by atoms with van der Waals surface area (Å²) in [6.45, 7) is 7.88. The van der Waals surface area contributed by atoms with Crippen LogP contribution in [0.2, 0.25) is 0 Å². The van der Waals surface area contributed by atoms with Crippen molar-refractivity contribution < 1.29 is 13.9 Å². The number of ether oxygens (including phenoxy) is 1. The first-order chi connectivity index (χ1) is 22.8. The monoisotopic (exact) mass is 636 g/mol. The second-order valence-electron chi connectivity index (χ2n) is 12.6. The molecule has 6 rings (SSSR count). The number of halogens is 1. The van der Waals surface area contributed by atoms with Gasteiger partial charge in [-0.3, -0.25) is 4.79 Å². The van der Waals surface area contributed by atoms with Gasteiger partial charge in [0.2, 0.25) is 0 Å². The number of fused-ring (bicyclic) bond motifs is 1. The zero-order valence-corrected chi connectivity index (χ0v) is 27.0. The van der Waals surface area contributed by atoms with E-state index in [0.717, 1.165) is 58.2 Å². The molecule has 244 valence electrons. The van der Waals surface area contributed by atoms with Crippen molar-refractivity contribution in [2.24, 2.45) is 5.41 Å². The predicted molar refractivity (Wildman–Crippen MR) is 179 cm³/mol. The number of hydrogen-bond donors (Lipinski definition) is 1.